The predicted octanol–water partition coefficient (Wildman–Crippen LogP) is 4.05. The molecule has 0 bridgehead atoms. The number of aryl methyl sites for hydroxylation is 2. The molecule has 0 unspecified atom stereocenters. The lowest BCUT2D eigenvalue weighted by Gasteiger charge is -2.32. The number of carbonyl (C=O) groups is 1. The lowest BCUT2D eigenvalue weighted by molar-refractivity contribution is 0.0904. The summed E-state index contributed by atoms with van der Waals surface area (Å²) in [6, 6.07) is 13.0. The van der Waals surface area contributed by atoms with Crippen LogP contribution >= 0.6 is 0 Å². The quantitative estimate of drug-likeness (QED) is 0.622. The molecule has 0 saturated carbocycles. The Bertz CT molecular complexity index is 1120. The van der Waals surface area contributed by atoms with Crippen molar-refractivity contribution in [2.45, 2.75) is 58.0 Å². The molecule has 0 atom stereocenters. The first-order chi connectivity index (χ1) is 16.6. The lowest BCUT2D eigenvalue weighted by Crippen LogP contribution is -2.44. The molecule has 2 aromatic heterocycles. The summed E-state index contributed by atoms with van der Waals surface area (Å²) in [6.45, 7) is 7.16. The first kappa shape index (κ1) is 22.8. The Morgan fingerprint density at radius 3 is 2.38 bits per heavy atom. The fraction of sp³-hybridized carbons (Fsp3) is 0.519. The Morgan fingerprint density at radius 2 is 1.68 bits per heavy atom. The first-order valence-electron chi connectivity index (χ1n) is 12.7. The van der Waals surface area contributed by atoms with E-state index >= 15 is 0 Å². The second-order valence-electron chi connectivity index (χ2n) is 9.92. The van der Waals surface area contributed by atoms with E-state index in [4.69, 9.17) is 4.98 Å². The number of hydrogen-bond acceptors (Lipinski definition) is 5. The molecule has 1 N–H and O–H groups in total. The largest absolute Gasteiger partial charge is 0.357 e. The van der Waals surface area contributed by atoms with Crippen LogP contribution in [0.2, 0.25) is 0 Å². The standard InChI is InChI=1S/C27H36N6O/c1-20-7-9-21(10-8-20)19-32-17-13-22(14-18-32)28-27(34)25-23-11-12-24(29-26(23)31(2)30-25)33-15-5-3-4-6-16-33/h7-12,22H,3-6,13-19H2,1-2H3,(H,28,34). The summed E-state index contributed by atoms with van der Waals surface area (Å²) in [5.41, 5.74) is 3.90. The van der Waals surface area contributed by atoms with E-state index in [2.05, 4.69) is 57.5 Å². The SMILES string of the molecule is Cc1ccc(CN2CCC(NC(=O)c3nn(C)c4nc(N5CCCCCC5)ccc34)CC2)cc1. The summed E-state index contributed by atoms with van der Waals surface area (Å²) < 4.78 is 1.75. The van der Waals surface area contributed by atoms with E-state index in [1.54, 1.807) is 4.68 Å². The first-order valence-corrected chi connectivity index (χ1v) is 12.7. The minimum atomic E-state index is -0.0908. The minimum Gasteiger partial charge on any atom is -0.357 e. The Kier molecular flexibility index (Phi) is 6.81. The molecule has 3 aromatic rings. The molecule has 2 saturated heterocycles. The fourth-order valence-corrected chi connectivity index (χ4v) is 5.21. The molecular formula is C27H36N6O. The number of anilines is 1. The van der Waals surface area contributed by atoms with Crippen LogP contribution in [0, 0.1) is 6.92 Å². The maximum atomic E-state index is 13.1. The number of rotatable bonds is 5. The van der Waals surface area contributed by atoms with Crippen molar-refractivity contribution in [3.63, 3.8) is 0 Å². The number of hydrogen-bond donors (Lipinski definition) is 1. The highest BCUT2D eigenvalue weighted by Gasteiger charge is 2.24. The van der Waals surface area contributed by atoms with E-state index in [1.165, 1.54) is 36.8 Å². The average Bonchev–Trinajstić information content (AvgIpc) is 3.01. The van der Waals surface area contributed by atoms with E-state index in [0.29, 0.717) is 5.69 Å². The van der Waals surface area contributed by atoms with Gasteiger partial charge in [0.05, 0.1) is 5.39 Å². The van der Waals surface area contributed by atoms with Gasteiger partial charge >= 0.3 is 0 Å². The van der Waals surface area contributed by atoms with Crippen molar-refractivity contribution in [2.75, 3.05) is 31.1 Å². The van der Waals surface area contributed by atoms with Crippen molar-refractivity contribution in [2.24, 2.45) is 7.05 Å². The van der Waals surface area contributed by atoms with Crippen molar-refractivity contribution in [3.8, 4) is 0 Å². The van der Waals surface area contributed by atoms with E-state index in [0.717, 1.165) is 62.4 Å². The molecule has 0 aliphatic carbocycles. The Hall–Kier alpha value is -2.93. The molecular weight excluding hydrogens is 424 g/mol. The molecule has 4 heterocycles. The van der Waals surface area contributed by atoms with Crippen LogP contribution in [-0.2, 0) is 13.6 Å². The van der Waals surface area contributed by atoms with Gasteiger partial charge in [-0.2, -0.15) is 5.10 Å². The zero-order valence-electron chi connectivity index (χ0n) is 20.5. The van der Waals surface area contributed by atoms with E-state index < -0.39 is 0 Å². The van der Waals surface area contributed by atoms with Crippen LogP contribution in [0.25, 0.3) is 11.0 Å². The topological polar surface area (TPSA) is 66.3 Å². The summed E-state index contributed by atoms with van der Waals surface area (Å²) in [5.74, 6) is 0.900. The van der Waals surface area contributed by atoms with Crippen molar-refractivity contribution >= 4 is 22.8 Å². The number of likely N-dealkylation sites (tertiary alicyclic amines) is 1. The summed E-state index contributed by atoms with van der Waals surface area (Å²) >= 11 is 0. The van der Waals surface area contributed by atoms with E-state index in [1.807, 2.05) is 13.1 Å². The summed E-state index contributed by atoms with van der Waals surface area (Å²) in [6.07, 6.45) is 6.92. The highest BCUT2D eigenvalue weighted by molar-refractivity contribution is 6.04. The normalized spacial score (nSPS) is 18.2. The van der Waals surface area contributed by atoms with Crippen molar-refractivity contribution in [1.82, 2.24) is 25.0 Å². The smallest absolute Gasteiger partial charge is 0.272 e. The lowest BCUT2D eigenvalue weighted by atomic mass is 10.0. The monoisotopic (exact) mass is 460 g/mol. The van der Waals surface area contributed by atoms with Crippen LogP contribution in [0.1, 0.15) is 60.1 Å². The van der Waals surface area contributed by atoms with E-state index in [9.17, 15) is 4.79 Å². The molecule has 1 amide bonds. The van der Waals surface area contributed by atoms with Gasteiger partial charge in [0, 0.05) is 45.8 Å². The molecule has 5 rings (SSSR count). The molecule has 7 heteroatoms. The number of fused-ring (bicyclic) bond motifs is 1. The summed E-state index contributed by atoms with van der Waals surface area (Å²) in [4.78, 5) is 22.9. The molecule has 2 fully saturated rings. The number of nitrogens with one attached hydrogen (secondary N) is 1. The van der Waals surface area contributed by atoms with Crippen LogP contribution in [0.4, 0.5) is 5.82 Å². The number of nitrogens with zero attached hydrogens (tertiary/aromatic N) is 5. The maximum Gasteiger partial charge on any atom is 0.272 e. The second-order valence-corrected chi connectivity index (χ2v) is 9.92. The van der Waals surface area contributed by atoms with Crippen LogP contribution in [0.15, 0.2) is 36.4 Å². The number of carbonyl (C=O) groups excluding carboxylic acids is 1. The molecule has 0 spiro atoms. The van der Waals surface area contributed by atoms with Crippen molar-refractivity contribution in [1.29, 1.82) is 0 Å². The number of amides is 1. The fourth-order valence-electron chi connectivity index (χ4n) is 5.21. The van der Waals surface area contributed by atoms with Crippen molar-refractivity contribution in [3.05, 3.63) is 53.2 Å². The van der Waals surface area contributed by atoms with Crippen LogP contribution in [0.5, 0.6) is 0 Å². The molecule has 34 heavy (non-hydrogen) atoms. The third-order valence-electron chi connectivity index (χ3n) is 7.27. The van der Waals surface area contributed by atoms with Crippen LogP contribution < -0.4 is 10.2 Å². The predicted molar refractivity (Wildman–Crippen MR) is 136 cm³/mol. The average molecular weight is 461 g/mol. The molecule has 2 aliphatic rings. The molecule has 1 aromatic carbocycles. The van der Waals surface area contributed by atoms with Crippen LogP contribution in [-0.4, -0.2) is 57.8 Å². The van der Waals surface area contributed by atoms with Gasteiger partial charge in [-0.05, 0) is 50.3 Å². The Balaban J connectivity index is 1.21. The number of pyridine rings is 1. The van der Waals surface area contributed by atoms with Gasteiger partial charge < -0.3 is 10.2 Å². The van der Waals surface area contributed by atoms with Gasteiger partial charge in [-0.1, -0.05) is 42.7 Å². The van der Waals surface area contributed by atoms with Gasteiger partial charge in [0.15, 0.2) is 11.3 Å². The number of piperidine rings is 1. The van der Waals surface area contributed by atoms with Gasteiger partial charge in [0.2, 0.25) is 0 Å². The molecule has 7 nitrogen and oxygen atoms in total. The number of aromatic nitrogens is 3. The summed E-state index contributed by atoms with van der Waals surface area (Å²) in [7, 11) is 1.88. The van der Waals surface area contributed by atoms with Gasteiger partial charge in [0.1, 0.15) is 5.82 Å². The third kappa shape index (κ3) is 5.09. The zero-order valence-corrected chi connectivity index (χ0v) is 20.5. The Morgan fingerprint density at radius 1 is 0.971 bits per heavy atom. The molecule has 180 valence electrons. The highest BCUT2D eigenvalue weighted by Crippen LogP contribution is 2.24. The molecule has 2 aliphatic heterocycles. The zero-order chi connectivity index (χ0) is 23.5. The highest BCUT2D eigenvalue weighted by atomic mass is 16.2. The van der Waals surface area contributed by atoms with Gasteiger partial charge in [0.25, 0.3) is 5.91 Å². The Labute approximate surface area is 202 Å². The minimum absolute atomic E-state index is 0.0908. The second kappa shape index (κ2) is 10.1. The van der Waals surface area contributed by atoms with Gasteiger partial charge in [-0.15, -0.1) is 0 Å². The van der Waals surface area contributed by atoms with E-state index in [-0.39, 0.29) is 11.9 Å². The van der Waals surface area contributed by atoms with Crippen LogP contribution in [0.3, 0.4) is 0 Å². The number of benzene rings is 1. The molecule has 0 radical (unpaired) electrons. The van der Waals surface area contributed by atoms with Gasteiger partial charge in [-0.25, -0.2) is 9.67 Å². The maximum absolute atomic E-state index is 13.1. The third-order valence-corrected chi connectivity index (χ3v) is 7.27. The van der Waals surface area contributed by atoms with Gasteiger partial charge in [-0.3, -0.25) is 9.69 Å². The van der Waals surface area contributed by atoms with Crippen molar-refractivity contribution < 1.29 is 4.79 Å². The summed E-state index contributed by atoms with van der Waals surface area (Å²) in [5, 5.41) is 8.62.